The summed E-state index contributed by atoms with van der Waals surface area (Å²) in [4.78, 5) is 0. The third kappa shape index (κ3) is 12.2. The van der Waals surface area contributed by atoms with Crippen molar-refractivity contribution in [1.82, 2.24) is 0 Å². The Balaban J connectivity index is 0.000000142. The Morgan fingerprint density at radius 2 is 0.525 bits per heavy atom. The molecule has 0 radical (unpaired) electrons. The number of benzene rings is 9. The zero-order chi connectivity index (χ0) is 41.2. The van der Waals surface area contributed by atoms with E-state index < -0.39 is 0 Å². The zero-order valence-corrected chi connectivity index (χ0v) is 35.0. The van der Waals surface area contributed by atoms with E-state index in [1.165, 1.54) is 83.5 Å². The summed E-state index contributed by atoms with van der Waals surface area (Å²) < 4.78 is 0. The molecule has 0 aliphatic rings. The van der Waals surface area contributed by atoms with Crippen LogP contribution >= 0.6 is 0 Å². The van der Waals surface area contributed by atoms with Crippen LogP contribution in [0, 0.1) is 34.6 Å². The summed E-state index contributed by atoms with van der Waals surface area (Å²) in [5.74, 6) is 0. The predicted octanol–water partition coefficient (Wildman–Crippen LogP) is 16.6. The molecule has 9 aromatic carbocycles. The van der Waals surface area contributed by atoms with Gasteiger partial charge in [0, 0.05) is 0 Å². The number of rotatable bonds is 5. The molecule has 0 amide bonds. The molecule has 0 fully saturated rings. The van der Waals surface area contributed by atoms with E-state index in [2.05, 4.69) is 229 Å². The third-order valence-corrected chi connectivity index (χ3v) is 10.3. The minimum absolute atomic E-state index is 1.27. The summed E-state index contributed by atoms with van der Waals surface area (Å²) in [5.41, 5.74) is 19.4. The maximum atomic E-state index is 2.31. The van der Waals surface area contributed by atoms with E-state index in [1.807, 2.05) is 42.5 Å². The Hall–Kier alpha value is -7.02. The third-order valence-electron chi connectivity index (χ3n) is 10.3. The lowest BCUT2D eigenvalue weighted by Gasteiger charge is -2.12. The van der Waals surface area contributed by atoms with Crippen LogP contribution in [0.15, 0.2) is 237 Å². The van der Waals surface area contributed by atoms with Gasteiger partial charge >= 0.3 is 0 Å². The molecule has 0 unspecified atom stereocenters. The molecule has 0 bridgehead atoms. The van der Waals surface area contributed by atoms with E-state index in [1.54, 1.807) is 0 Å². The standard InChI is InChI=1S/C21H20.C19H16.C13H12.C6H6/c1-15-8-11-18(12-9-15)19-13-10-17(3)21(14-19)20-7-5-4-6-16(20)2;1-15-14-18(16-8-4-2-5-9-16)12-13-19(15)17-10-6-3-7-11-17;1-11-7-9-13(10-8-11)12-5-3-2-4-6-12;1-2-4-6-5-3-1/h4-14H,1-3H3;2-14H,1H3;2-10H,1H3;1-6H. The molecular weight excluding hydrogens is 709 g/mol. The molecule has 0 atom stereocenters. The highest BCUT2D eigenvalue weighted by atomic mass is 14.1. The van der Waals surface area contributed by atoms with Crippen molar-refractivity contribution < 1.29 is 0 Å². The van der Waals surface area contributed by atoms with Gasteiger partial charge in [-0.3, -0.25) is 0 Å². The van der Waals surface area contributed by atoms with Crippen molar-refractivity contribution in [3.05, 3.63) is 264 Å². The van der Waals surface area contributed by atoms with Crippen LogP contribution in [0.4, 0.5) is 0 Å². The fraction of sp³-hybridized carbons (Fsp3) is 0.0847. The minimum Gasteiger partial charge on any atom is -0.0623 e. The Morgan fingerprint density at radius 3 is 1.02 bits per heavy atom. The van der Waals surface area contributed by atoms with Gasteiger partial charge in [-0.25, -0.2) is 0 Å². The average Bonchev–Trinajstić information content (AvgIpc) is 3.29. The maximum absolute atomic E-state index is 2.31. The first-order valence-electron chi connectivity index (χ1n) is 20.4. The molecule has 9 aromatic rings. The number of aryl methyl sites for hydroxylation is 5. The number of hydrogen-bond donors (Lipinski definition) is 0. The van der Waals surface area contributed by atoms with Gasteiger partial charge in [0.2, 0.25) is 0 Å². The van der Waals surface area contributed by atoms with Crippen molar-refractivity contribution in [2.45, 2.75) is 34.6 Å². The van der Waals surface area contributed by atoms with Gasteiger partial charge in [-0.05, 0) is 113 Å². The van der Waals surface area contributed by atoms with Crippen LogP contribution < -0.4 is 0 Å². The highest BCUT2D eigenvalue weighted by Crippen LogP contribution is 2.32. The van der Waals surface area contributed by atoms with Crippen LogP contribution in [0.2, 0.25) is 0 Å². The van der Waals surface area contributed by atoms with E-state index in [0.29, 0.717) is 0 Å². The van der Waals surface area contributed by atoms with Crippen molar-refractivity contribution >= 4 is 0 Å². The lowest BCUT2D eigenvalue weighted by atomic mass is 9.93. The quantitative estimate of drug-likeness (QED) is 0.164. The van der Waals surface area contributed by atoms with Gasteiger partial charge in [-0.2, -0.15) is 0 Å². The molecule has 0 nitrogen and oxygen atoms in total. The van der Waals surface area contributed by atoms with Crippen molar-refractivity contribution in [1.29, 1.82) is 0 Å². The van der Waals surface area contributed by atoms with Gasteiger partial charge in [-0.15, -0.1) is 0 Å². The highest BCUT2D eigenvalue weighted by molar-refractivity contribution is 5.77. The average molecular weight is 763 g/mol. The Bertz CT molecular complexity index is 2560. The molecule has 0 aliphatic carbocycles. The van der Waals surface area contributed by atoms with E-state index in [9.17, 15) is 0 Å². The first-order chi connectivity index (χ1) is 28.9. The maximum Gasteiger partial charge on any atom is -0.0146 e. The van der Waals surface area contributed by atoms with Gasteiger partial charge in [0.05, 0.1) is 0 Å². The van der Waals surface area contributed by atoms with Gasteiger partial charge in [0.1, 0.15) is 0 Å². The topological polar surface area (TPSA) is 0 Å². The molecule has 0 heterocycles. The van der Waals surface area contributed by atoms with Crippen LogP contribution in [-0.4, -0.2) is 0 Å². The fourth-order valence-corrected chi connectivity index (χ4v) is 6.89. The molecule has 0 aliphatic heterocycles. The van der Waals surface area contributed by atoms with E-state index in [-0.39, 0.29) is 0 Å². The van der Waals surface area contributed by atoms with E-state index in [4.69, 9.17) is 0 Å². The molecule has 0 aromatic heterocycles. The Kier molecular flexibility index (Phi) is 15.2. The van der Waals surface area contributed by atoms with E-state index >= 15 is 0 Å². The normalized spacial score (nSPS) is 10.1. The molecular formula is C59H54. The predicted molar refractivity (Wildman–Crippen MR) is 257 cm³/mol. The van der Waals surface area contributed by atoms with Crippen molar-refractivity contribution in [2.24, 2.45) is 0 Å². The molecule has 59 heavy (non-hydrogen) atoms. The molecule has 290 valence electrons. The second-order valence-corrected chi connectivity index (χ2v) is 14.9. The van der Waals surface area contributed by atoms with Gasteiger partial charge < -0.3 is 0 Å². The lowest BCUT2D eigenvalue weighted by Crippen LogP contribution is -1.88. The molecule has 9 rings (SSSR count). The molecule has 0 N–H and O–H groups in total. The Morgan fingerprint density at radius 1 is 0.186 bits per heavy atom. The van der Waals surface area contributed by atoms with Crippen LogP contribution in [0.25, 0.3) is 55.6 Å². The first kappa shape index (κ1) is 41.6. The van der Waals surface area contributed by atoms with E-state index in [0.717, 1.165) is 0 Å². The van der Waals surface area contributed by atoms with Crippen LogP contribution in [0.1, 0.15) is 27.8 Å². The van der Waals surface area contributed by atoms with Crippen LogP contribution in [0.5, 0.6) is 0 Å². The summed E-state index contributed by atoms with van der Waals surface area (Å²) in [6.07, 6.45) is 0. The highest BCUT2D eigenvalue weighted by Gasteiger charge is 2.08. The molecule has 0 saturated heterocycles. The molecule has 0 spiro atoms. The molecule has 0 saturated carbocycles. The molecule has 0 heteroatoms. The summed E-state index contributed by atoms with van der Waals surface area (Å²) in [7, 11) is 0. The zero-order valence-electron chi connectivity index (χ0n) is 35.0. The first-order valence-corrected chi connectivity index (χ1v) is 20.4. The summed E-state index contributed by atoms with van der Waals surface area (Å²) >= 11 is 0. The number of hydrogen-bond acceptors (Lipinski definition) is 0. The van der Waals surface area contributed by atoms with Crippen LogP contribution in [-0.2, 0) is 0 Å². The second-order valence-electron chi connectivity index (χ2n) is 14.9. The van der Waals surface area contributed by atoms with Gasteiger partial charge in [-0.1, -0.05) is 242 Å². The second kappa shape index (κ2) is 21.5. The van der Waals surface area contributed by atoms with Crippen molar-refractivity contribution in [3.63, 3.8) is 0 Å². The summed E-state index contributed by atoms with van der Waals surface area (Å²) in [6, 6.07) is 82.8. The summed E-state index contributed by atoms with van der Waals surface area (Å²) in [5, 5.41) is 0. The van der Waals surface area contributed by atoms with Crippen molar-refractivity contribution in [2.75, 3.05) is 0 Å². The van der Waals surface area contributed by atoms with Crippen LogP contribution in [0.3, 0.4) is 0 Å². The summed E-state index contributed by atoms with van der Waals surface area (Å²) in [6.45, 7) is 10.8. The SMILES string of the molecule is Cc1cc(-c2ccccc2)ccc1-c1ccccc1.Cc1ccc(-c2ccc(C)c(-c3ccccc3C)c2)cc1.Cc1ccc(-c2ccccc2)cc1.c1ccccc1. The monoisotopic (exact) mass is 762 g/mol. The van der Waals surface area contributed by atoms with Gasteiger partial charge in [0.25, 0.3) is 0 Å². The largest absolute Gasteiger partial charge is 0.0623 e. The lowest BCUT2D eigenvalue weighted by molar-refractivity contribution is 1.40. The fourth-order valence-electron chi connectivity index (χ4n) is 6.89. The Labute approximate surface area is 353 Å². The van der Waals surface area contributed by atoms with Crippen molar-refractivity contribution in [3.8, 4) is 55.6 Å². The minimum atomic E-state index is 1.27. The van der Waals surface area contributed by atoms with Gasteiger partial charge in [0.15, 0.2) is 0 Å². The smallest absolute Gasteiger partial charge is 0.0146 e.